The van der Waals surface area contributed by atoms with E-state index in [0.717, 1.165) is 0 Å². The summed E-state index contributed by atoms with van der Waals surface area (Å²) in [4.78, 5) is 0. The Morgan fingerprint density at radius 3 is 1.00 bits per heavy atom. The van der Waals surface area contributed by atoms with E-state index in [1.165, 1.54) is 0 Å². The van der Waals surface area contributed by atoms with E-state index >= 15 is 0 Å². The quantitative estimate of drug-likeness (QED) is 0.544. The zero-order valence-corrected chi connectivity index (χ0v) is 6.88. The van der Waals surface area contributed by atoms with Crippen LogP contribution in [0.15, 0.2) is 0 Å². The summed E-state index contributed by atoms with van der Waals surface area (Å²) in [6.45, 7) is 0. The summed E-state index contributed by atoms with van der Waals surface area (Å²) >= 11 is 0. The minimum Gasteiger partial charge on any atom is 0 e. The Balaban J connectivity index is 0. The molecule has 34 valence electrons. The fourth-order valence-electron chi connectivity index (χ4n) is 0. The second-order valence-corrected chi connectivity index (χ2v) is 0. The van der Waals surface area contributed by atoms with Gasteiger partial charge in [-0.05, 0) is 0 Å². The van der Waals surface area contributed by atoms with E-state index in [2.05, 4.69) is 0 Å². The summed E-state index contributed by atoms with van der Waals surface area (Å²) < 4.78 is 0. The molecule has 0 nitrogen and oxygen atoms in total. The number of hydrogen-bond acceptors (Lipinski definition) is 0. The molecule has 4 heavy (non-hydrogen) atoms. The van der Waals surface area contributed by atoms with Crippen LogP contribution in [-0.2, 0) is 76.5 Å². The van der Waals surface area contributed by atoms with Crippen molar-refractivity contribution in [2.45, 2.75) is 0 Å². The van der Waals surface area contributed by atoms with Crippen LogP contribution in [0.4, 0.5) is 0 Å². The van der Waals surface area contributed by atoms with Crippen LogP contribution in [-0.4, -0.2) is 0 Å². The molecule has 0 bridgehead atoms. The summed E-state index contributed by atoms with van der Waals surface area (Å²) in [7, 11) is 0. The molecule has 2 radical (unpaired) electrons. The Bertz CT molecular complexity index is 8.00. The van der Waals surface area contributed by atoms with E-state index in [0.29, 0.717) is 0 Å². The van der Waals surface area contributed by atoms with Gasteiger partial charge in [0, 0.05) is 76.5 Å². The Morgan fingerprint density at radius 2 is 1.00 bits per heavy atom. The Kier molecular flexibility index (Phi) is 147. The molecule has 0 saturated heterocycles. The van der Waals surface area contributed by atoms with Crippen molar-refractivity contribution in [1.29, 1.82) is 0 Å². The first-order valence-corrected chi connectivity index (χ1v) is 0. The fraction of sp³-hybridized carbons (Fsp3) is 0. The Labute approximate surface area is 75.6 Å². The van der Waals surface area contributed by atoms with Gasteiger partial charge in [0.25, 0.3) is 0 Å². The van der Waals surface area contributed by atoms with E-state index in [9.17, 15) is 0 Å². The van der Waals surface area contributed by atoms with Gasteiger partial charge < -0.3 is 0 Å². The van der Waals surface area contributed by atoms with Gasteiger partial charge in [0.15, 0.2) is 0 Å². The topological polar surface area (TPSA) is 0 Å². The van der Waals surface area contributed by atoms with Crippen LogP contribution in [0.3, 0.4) is 0 Å². The summed E-state index contributed by atoms with van der Waals surface area (Å²) in [6, 6.07) is 0. The van der Waals surface area contributed by atoms with Gasteiger partial charge in [0.1, 0.15) is 0 Å². The third-order valence-corrected chi connectivity index (χ3v) is 0. The van der Waals surface area contributed by atoms with Crippen molar-refractivity contribution in [2.24, 2.45) is 0 Å². The molecule has 0 saturated carbocycles. The van der Waals surface area contributed by atoms with E-state index in [1.807, 2.05) is 0 Å². The molecule has 0 aromatic carbocycles. The maximum Gasteiger partial charge on any atom is 0 e. The molecule has 0 N–H and O–H groups in total. The van der Waals surface area contributed by atoms with Crippen molar-refractivity contribution >= 4 is 0 Å². The van der Waals surface area contributed by atoms with Crippen molar-refractivity contribution in [3.8, 4) is 0 Å². The van der Waals surface area contributed by atoms with Crippen molar-refractivity contribution < 1.29 is 76.5 Å². The van der Waals surface area contributed by atoms with Crippen LogP contribution < -0.4 is 0 Å². The predicted molar refractivity (Wildman–Crippen MR) is 0 cm³/mol. The molecule has 0 spiro atoms. The number of rotatable bonds is 0. The molecule has 0 aliphatic carbocycles. The van der Waals surface area contributed by atoms with E-state index in [4.69, 9.17) is 0 Å². The number of hydrogen-bond donors (Lipinski definition) is 0. The Morgan fingerprint density at radius 1 is 1.00 bits per heavy atom. The van der Waals surface area contributed by atoms with Crippen LogP contribution in [0.25, 0.3) is 0 Å². The van der Waals surface area contributed by atoms with Crippen molar-refractivity contribution in [3.63, 3.8) is 0 Å². The first-order valence-electron chi connectivity index (χ1n) is 0. The van der Waals surface area contributed by atoms with E-state index in [1.54, 1.807) is 0 Å². The fourth-order valence-corrected chi connectivity index (χ4v) is 0. The van der Waals surface area contributed by atoms with E-state index in [-0.39, 0.29) is 76.5 Å². The molecule has 0 rings (SSSR count). The standard InChI is InChI=1S/Co.Cu.Ni.Zr. The Hall–Kier alpha value is 2.40. The third-order valence-electron chi connectivity index (χ3n) is 0. The van der Waals surface area contributed by atoms with Crippen molar-refractivity contribution in [2.75, 3.05) is 0 Å². The van der Waals surface area contributed by atoms with Gasteiger partial charge >= 0.3 is 0 Å². The van der Waals surface area contributed by atoms with Gasteiger partial charge in [-0.3, -0.25) is 0 Å². The third kappa shape index (κ3) is 8.83. The normalized spacial score (nSPS) is 0. The van der Waals surface area contributed by atoms with Crippen LogP contribution in [0.1, 0.15) is 0 Å². The van der Waals surface area contributed by atoms with Crippen LogP contribution in [0.5, 0.6) is 0 Å². The van der Waals surface area contributed by atoms with Gasteiger partial charge in [0.2, 0.25) is 0 Å². The summed E-state index contributed by atoms with van der Waals surface area (Å²) in [5, 5.41) is 0. The molecule has 0 aromatic heterocycles. The maximum atomic E-state index is 0. The minimum absolute atomic E-state index is 0. The van der Waals surface area contributed by atoms with Crippen molar-refractivity contribution in [3.05, 3.63) is 0 Å². The van der Waals surface area contributed by atoms with Crippen LogP contribution >= 0.6 is 0 Å². The molecule has 0 heterocycles. The van der Waals surface area contributed by atoms with Gasteiger partial charge in [-0.1, -0.05) is 0 Å². The second kappa shape index (κ2) is 18.1. The minimum atomic E-state index is 0. The predicted octanol–water partition coefficient (Wildman–Crippen LogP) is -0.0100. The summed E-state index contributed by atoms with van der Waals surface area (Å²) in [5.74, 6) is 0. The monoisotopic (exact) mass is 270 g/mol. The van der Waals surface area contributed by atoms with Crippen LogP contribution in [0, 0.1) is 0 Å². The average molecular weight is 272 g/mol. The average Bonchev–Trinajstić information content (AvgIpc) is 0. The van der Waals surface area contributed by atoms with E-state index < -0.39 is 0 Å². The first-order chi connectivity index (χ1) is 0. The zero-order valence-electron chi connectivity index (χ0n) is 1.45. The molecular weight excluding hydrogens is 272 g/mol. The molecule has 0 unspecified atom stereocenters. The molecule has 0 amide bonds. The van der Waals surface area contributed by atoms with Gasteiger partial charge in [-0.2, -0.15) is 0 Å². The van der Waals surface area contributed by atoms with Crippen LogP contribution in [0.2, 0.25) is 0 Å². The first kappa shape index (κ1) is 32.4. The molecule has 0 aliphatic rings. The SMILES string of the molecule is [Co].[Cu].[Ni].[Zr]. The molecular formula is CoCuNiZr. The van der Waals surface area contributed by atoms with Gasteiger partial charge in [0.05, 0.1) is 0 Å². The molecule has 0 atom stereocenters. The largest absolute Gasteiger partial charge is 0 e. The molecule has 0 aliphatic heterocycles. The summed E-state index contributed by atoms with van der Waals surface area (Å²) in [5.41, 5.74) is 0. The zero-order chi connectivity index (χ0) is 0. The summed E-state index contributed by atoms with van der Waals surface area (Å²) in [6.07, 6.45) is 0. The molecule has 0 fully saturated rings. The van der Waals surface area contributed by atoms with Gasteiger partial charge in [-0.15, -0.1) is 0 Å². The molecule has 0 aromatic rings. The molecule has 4 heteroatoms. The van der Waals surface area contributed by atoms with Gasteiger partial charge in [-0.25, -0.2) is 0 Å². The van der Waals surface area contributed by atoms with Crippen molar-refractivity contribution in [1.82, 2.24) is 0 Å². The maximum absolute atomic E-state index is 0. The second-order valence-electron chi connectivity index (χ2n) is 0. The smallest absolute Gasteiger partial charge is 0 e.